The Morgan fingerprint density at radius 2 is 1.72 bits per heavy atom. The zero-order valence-electron chi connectivity index (χ0n) is 15.5. The first kappa shape index (κ1) is 21.6. The van der Waals surface area contributed by atoms with Gasteiger partial charge in [-0.15, -0.1) is 12.4 Å². The van der Waals surface area contributed by atoms with Crippen LogP contribution in [0.1, 0.15) is 28.9 Å². The van der Waals surface area contributed by atoms with E-state index in [0.29, 0.717) is 29.6 Å². The molecule has 2 fully saturated rings. The van der Waals surface area contributed by atoms with Crippen molar-refractivity contribution < 1.29 is 22.4 Å². The van der Waals surface area contributed by atoms with Gasteiger partial charge in [-0.05, 0) is 49.9 Å². The van der Waals surface area contributed by atoms with Crippen LogP contribution < -0.4 is 5.32 Å². The summed E-state index contributed by atoms with van der Waals surface area (Å²) in [6, 6.07) is 5.06. The summed E-state index contributed by atoms with van der Waals surface area (Å²) in [5.41, 5.74) is -2.13. The number of fused-ring (bicyclic) bond motifs is 1. The molecule has 0 unspecified atom stereocenters. The van der Waals surface area contributed by atoms with Crippen LogP contribution in [0, 0.1) is 17.7 Å². The van der Waals surface area contributed by atoms with Crippen molar-refractivity contribution in [2.24, 2.45) is 11.8 Å². The number of nitrogens with zero attached hydrogens (tertiary/aromatic N) is 3. The maximum Gasteiger partial charge on any atom is 0.434 e. The van der Waals surface area contributed by atoms with E-state index in [1.165, 1.54) is 23.1 Å². The second-order valence-corrected chi connectivity index (χ2v) is 7.32. The fourth-order valence-corrected chi connectivity index (χ4v) is 4.18. The average molecular weight is 433 g/mol. The summed E-state index contributed by atoms with van der Waals surface area (Å²) in [5.74, 6) is -0.657. The van der Waals surface area contributed by atoms with Crippen LogP contribution in [-0.4, -0.2) is 46.8 Å². The molecule has 2 saturated heterocycles. The molecule has 0 spiro atoms. The van der Waals surface area contributed by atoms with Crippen molar-refractivity contribution in [3.63, 3.8) is 0 Å². The number of halogens is 5. The molecule has 2 aromatic rings. The van der Waals surface area contributed by atoms with Gasteiger partial charge in [0.05, 0.1) is 11.8 Å². The Bertz CT molecular complexity index is 871. The van der Waals surface area contributed by atoms with Crippen molar-refractivity contribution in [2.75, 3.05) is 26.2 Å². The molecule has 1 aromatic heterocycles. The Morgan fingerprint density at radius 1 is 1.10 bits per heavy atom. The predicted octanol–water partition coefficient (Wildman–Crippen LogP) is 3.52. The second-order valence-electron chi connectivity index (χ2n) is 7.32. The molecule has 2 atom stereocenters. The molecule has 2 aliphatic heterocycles. The molecule has 1 amide bonds. The molecular formula is C19H21ClF4N4O. The molecule has 4 rings (SSSR count). The maximum absolute atomic E-state index is 14.1. The Morgan fingerprint density at radius 3 is 2.31 bits per heavy atom. The lowest BCUT2D eigenvalue weighted by Crippen LogP contribution is -2.34. The highest BCUT2D eigenvalue weighted by Crippen LogP contribution is 2.35. The maximum atomic E-state index is 14.1. The van der Waals surface area contributed by atoms with Crippen LogP contribution in [0.25, 0.3) is 5.69 Å². The minimum absolute atomic E-state index is 0. The van der Waals surface area contributed by atoms with Crippen LogP contribution in [0.2, 0.25) is 0 Å². The third-order valence-electron chi connectivity index (χ3n) is 5.66. The van der Waals surface area contributed by atoms with Gasteiger partial charge in [-0.1, -0.05) is 12.1 Å². The minimum atomic E-state index is -4.85. The van der Waals surface area contributed by atoms with E-state index in [2.05, 4.69) is 10.4 Å². The number of carbonyl (C=O) groups is 1. The monoisotopic (exact) mass is 432 g/mol. The molecule has 29 heavy (non-hydrogen) atoms. The molecule has 1 N–H and O–H groups in total. The highest BCUT2D eigenvalue weighted by Gasteiger charge is 2.42. The molecule has 1 aromatic carbocycles. The quantitative estimate of drug-likeness (QED) is 0.739. The van der Waals surface area contributed by atoms with E-state index in [1.54, 1.807) is 0 Å². The number of hydrogen-bond acceptors (Lipinski definition) is 3. The number of nitrogens with one attached hydrogen (secondary N) is 1. The largest absolute Gasteiger partial charge is 0.434 e. The predicted molar refractivity (Wildman–Crippen MR) is 101 cm³/mol. The molecular weight excluding hydrogens is 412 g/mol. The Kier molecular flexibility index (Phi) is 6.19. The minimum Gasteiger partial charge on any atom is -0.339 e. The third-order valence-corrected chi connectivity index (χ3v) is 5.66. The summed E-state index contributed by atoms with van der Waals surface area (Å²) in [6.45, 7) is 2.57. The van der Waals surface area contributed by atoms with Crippen LogP contribution in [0.3, 0.4) is 0 Å². The molecule has 10 heteroatoms. The summed E-state index contributed by atoms with van der Waals surface area (Å²) in [7, 11) is 0. The van der Waals surface area contributed by atoms with Crippen LogP contribution in [-0.2, 0) is 6.18 Å². The summed E-state index contributed by atoms with van der Waals surface area (Å²) in [6.07, 6.45) is -2.45. The first-order valence-electron chi connectivity index (χ1n) is 9.26. The van der Waals surface area contributed by atoms with Crippen LogP contribution in [0.4, 0.5) is 17.6 Å². The summed E-state index contributed by atoms with van der Waals surface area (Å²) in [5, 5.41) is 7.03. The molecule has 0 radical (unpaired) electrons. The topological polar surface area (TPSA) is 50.2 Å². The Hall–Kier alpha value is -2.13. The van der Waals surface area contributed by atoms with E-state index in [1.807, 2.05) is 0 Å². The van der Waals surface area contributed by atoms with Crippen molar-refractivity contribution in [3.8, 4) is 5.69 Å². The average Bonchev–Trinajstić information content (AvgIpc) is 3.24. The van der Waals surface area contributed by atoms with Gasteiger partial charge in [-0.3, -0.25) is 4.79 Å². The van der Waals surface area contributed by atoms with Gasteiger partial charge >= 0.3 is 6.18 Å². The zero-order valence-corrected chi connectivity index (χ0v) is 16.3. The van der Waals surface area contributed by atoms with Crippen LogP contribution >= 0.6 is 12.4 Å². The number of amides is 1. The molecule has 5 nitrogen and oxygen atoms in total. The van der Waals surface area contributed by atoms with Crippen molar-refractivity contribution in [3.05, 3.63) is 47.5 Å². The normalized spacial score (nSPS) is 22.0. The van der Waals surface area contributed by atoms with Crippen LogP contribution in [0.15, 0.2) is 30.5 Å². The first-order valence-corrected chi connectivity index (χ1v) is 9.26. The van der Waals surface area contributed by atoms with E-state index in [9.17, 15) is 22.4 Å². The standard InChI is InChI=1S/C19H20F4N4O.ClH/c20-15-3-1-2-4-16(15)27-17(19(21,22)23)14(11-25-27)18(28)26-7-5-12-9-24-10-13(12)6-8-26;/h1-4,11-13,24H,5-10H2;1H/t12-,13+;. The van der Waals surface area contributed by atoms with Gasteiger partial charge in [0.15, 0.2) is 5.69 Å². The van der Waals surface area contributed by atoms with Gasteiger partial charge in [-0.2, -0.15) is 18.3 Å². The zero-order chi connectivity index (χ0) is 19.9. The van der Waals surface area contributed by atoms with E-state index in [0.717, 1.165) is 38.2 Å². The highest BCUT2D eigenvalue weighted by molar-refractivity contribution is 5.95. The van der Waals surface area contributed by atoms with E-state index in [-0.39, 0.29) is 18.1 Å². The van der Waals surface area contributed by atoms with Gasteiger partial charge in [-0.25, -0.2) is 9.07 Å². The Balaban J connectivity index is 0.00000240. The SMILES string of the molecule is Cl.O=C(c1cnn(-c2ccccc2F)c1C(F)(F)F)N1CC[C@@H]2CNC[C@@H]2CC1. The summed E-state index contributed by atoms with van der Waals surface area (Å²) in [4.78, 5) is 14.4. The van der Waals surface area contributed by atoms with E-state index < -0.39 is 29.2 Å². The van der Waals surface area contributed by atoms with Gasteiger partial charge in [0, 0.05) is 13.1 Å². The van der Waals surface area contributed by atoms with Crippen molar-refractivity contribution in [1.29, 1.82) is 0 Å². The molecule has 0 bridgehead atoms. The van der Waals surface area contributed by atoms with Crippen molar-refractivity contribution >= 4 is 18.3 Å². The van der Waals surface area contributed by atoms with E-state index in [4.69, 9.17) is 0 Å². The first-order chi connectivity index (χ1) is 13.4. The molecule has 158 valence electrons. The fourth-order valence-electron chi connectivity index (χ4n) is 4.18. The lowest BCUT2D eigenvalue weighted by Gasteiger charge is -2.21. The van der Waals surface area contributed by atoms with E-state index >= 15 is 0 Å². The number of hydrogen-bond donors (Lipinski definition) is 1. The molecule has 0 aliphatic carbocycles. The number of para-hydroxylation sites is 1. The van der Waals surface area contributed by atoms with Gasteiger partial charge in [0.1, 0.15) is 11.5 Å². The fraction of sp³-hybridized carbons (Fsp3) is 0.474. The number of carbonyl (C=O) groups excluding carboxylic acids is 1. The highest BCUT2D eigenvalue weighted by atomic mass is 35.5. The lowest BCUT2D eigenvalue weighted by molar-refractivity contribution is -0.143. The van der Waals surface area contributed by atoms with Crippen molar-refractivity contribution in [1.82, 2.24) is 20.0 Å². The van der Waals surface area contributed by atoms with Gasteiger partial charge in [0.2, 0.25) is 0 Å². The number of likely N-dealkylation sites (tertiary alicyclic amines) is 1. The summed E-state index contributed by atoms with van der Waals surface area (Å²) >= 11 is 0. The smallest absolute Gasteiger partial charge is 0.339 e. The number of alkyl halides is 3. The van der Waals surface area contributed by atoms with Gasteiger partial charge in [0.25, 0.3) is 5.91 Å². The van der Waals surface area contributed by atoms with Crippen molar-refractivity contribution in [2.45, 2.75) is 19.0 Å². The lowest BCUT2D eigenvalue weighted by atomic mass is 9.92. The van der Waals surface area contributed by atoms with Gasteiger partial charge < -0.3 is 10.2 Å². The van der Waals surface area contributed by atoms with Crippen LogP contribution in [0.5, 0.6) is 0 Å². The molecule has 0 saturated carbocycles. The second kappa shape index (κ2) is 8.31. The number of aromatic nitrogens is 2. The molecule has 2 aliphatic rings. The number of benzene rings is 1. The third kappa shape index (κ3) is 4.11. The molecule has 3 heterocycles. The Labute approximate surface area is 171 Å². The number of rotatable bonds is 2. The summed E-state index contributed by atoms with van der Waals surface area (Å²) < 4.78 is 55.9.